The minimum atomic E-state index is -0.282. The van der Waals surface area contributed by atoms with Gasteiger partial charge in [-0.3, -0.25) is 14.6 Å². The largest absolute Gasteiger partial charge is 0.274 e. The number of aromatic nitrogens is 5. The van der Waals surface area contributed by atoms with Gasteiger partial charge in [-0.15, -0.1) is 11.3 Å². The fourth-order valence-corrected chi connectivity index (χ4v) is 3.40. The van der Waals surface area contributed by atoms with Gasteiger partial charge in [-0.05, 0) is 57.2 Å². The van der Waals surface area contributed by atoms with Crippen LogP contribution in [0.4, 0.5) is 4.39 Å². The molecule has 4 heterocycles. The van der Waals surface area contributed by atoms with Gasteiger partial charge in [-0.1, -0.05) is 35.3 Å². The highest BCUT2D eigenvalue weighted by molar-refractivity contribution is 7.18. The number of hydrogen-bond acceptors (Lipinski definition) is 5. The predicted octanol–water partition coefficient (Wildman–Crippen LogP) is 7.25. The molecule has 0 N–H and O–H groups in total. The second-order valence-electron chi connectivity index (χ2n) is 6.77. The Balaban J connectivity index is 0.000000157. The summed E-state index contributed by atoms with van der Waals surface area (Å²) in [7, 11) is 1.83. The molecule has 0 aliphatic carbocycles. The van der Waals surface area contributed by atoms with E-state index in [1.54, 1.807) is 40.7 Å². The highest BCUT2D eigenvalue weighted by atomic mass is 35.5. The number of rotatable bonds is 0. The lowest BCUT2D eigenvalue weighted by Crippen LogP contribution is -1.83. The second kappa shape index (κ2) is 13.6. The zero-order valence-corrected chi connectivity index (χ0v) is 21.0. The maximum atomic E-state index is 12.0. The van der Waals surface area contributed by atoms with Crippen LogP contribution in [0, 0.1) is 26.6 Å². The third-order valence-corrected chi connectivity index (χ3v) is 5.20. The normalized spacial score (nSPS) is 9.67. The van der Waals surface area contributed by atoms with Crippen LogP contribution in [0.1, 0.15) is 16.4 Å². The summed E-state index contributed by atoms with van der Waals surface area (Å²) in [5.74, 6) is -0.282. The van der Waals surface area contributed by atoms with Crippen molar-refractivity contribution in [3.8, 4) is 0 Å². The van der Waals surface area contributed by atoms with Crippen LogP contribution < -0.4 is 0 Å². The van der Waals surface area contributed by atoms with Crippen molar-refractivity contribution in [3.63, 3.8) is 0 Å². The average Bonchev–Trinajstić information content (AvgIpc) is 3.36. The molecule has 0 saturated heterocycles. The molecule has 0 spiro atoms. The Morgan fingerprint density at radius 2 is 1.48 bits per heavy atom. The lowest BCUT2D eigenvalue weighted by molar-refractivity contribution is 0.620. The molecule has 1 aromatic carbocycles. The van der Waals surface area contributed by atoms with E-state index in [4.69, 9.17) is 23.2 Å². The Labute approximate surface area is 206 Å². The predicted molar refractivity (Wildman–Crippen MR) is 135 cm³/mol. The van der Waals surface area contributed by atoms with Gasteiger partial charge in [0.05, 0.1) is 37.7 Å². The van der Waals surface area contributed by atoms with Gasteiger partial charge in [0.2, 0.25) is 0 Å². The summed E-state index contributed by atoms with van der Waals surface area (Å²) in [5.41, 5.74) is 2.95. The fourth-order valence-electron chi connectivity index (χ4n) is 2.28. The molecule has 0 fully saturated rings. The molecule has 0 atom stereocenters. The van der Waals surface area contributed by atoms with Crippen molar-refractivity contribution in [2.75, 3.05) is 0 Å². The summed E-state index contributed by atoms with van der Waals surface area (Å²) in [4.78, 5) is 12.0. The first-order valence-electron chi connectivity index (χ1n) is 9.85. The summed E-state index contributed by atoms with van der Waals surface area (Å²) in [6.45, 7) is 5.78. The van der Waals surface area contributed by atoms with Gasteiger partial charge in [0.25, 0.3) is 0 Å². The molecule has 0 saturated carbocycles. The number of halogens is 3. The number of aryl methyl sites for hydroxylation is 4. The number of para-hydroxylation sites is 1. The molecule has 33 heavy (non-hydrogen) atoms. The maximum absolute atomic E-state index is 12.0. The summed E-state index contributed by atoms with van der Waals surface area (Å²) in [6.07, 6.45) is 6.18. The molecule has 0 aliphatic rings. The second-order valence-corrected chi connectivity index (χ2v) is 8.88. The quantitative estimate of drug-likeness (QED) is 0.223. The Morgan fingerprint density at radius 1 is 0.818 bits per heavy atom. The summed E-state index contributed by atoms with van der Waals surface area (Å²) in [5, 5.41) is 6.31. The van der Waals surface area contributed by atoms with Gasteiger partial charge in [-0.2, -0.15) is 5.10 Å². The van der Waals surface area contributed by atoms with Crippen LogP contribution in [-0.4, -0.2) is 24.7 Å². The Bertz CT molecular complexity index is 1100. The number of fused-ring (bicyclic) bond motifs is 1. The molecule has 5 nitrogen and oxygen atoms in total. The first-order chi connectivity index (χ1) is 15.7. The molecule has 0 aliphatic heterocycles. The van der Waals surface area contributed by atoms with Gasteiger partial charge in [0.15, 0.2) is 0 Å². The van der Waals surface area contributed by atoms with E-state index in [0.717, 1.165) is 21.9 Å². The first kappa shape index (κ1) is 26.4. The minimum absolute atomic E-state index is 0.282. The molecule has 4 aromatic heterocycles. The van der Waals surface area contributed by atoms with Crippen LogP contribution >= 0.6 is 34.5 Å². The van der Waals surface area contributed by atoms with E-state index < -0.39 is 0 Å². The molecule has 9 heteroatoms. The smallest absolute Gasteiger partial charge is 0.141 e. The van der Waals surface area contributed by atoms with Crippen LogP contribution in [0.25, 0.3) is 10.2 Å². The van der Waals surface area contributed by atoms with E-state index in [0.29, 0.717) is 10.0 Å². The van der Waals surface area contributed by atoms with Crippen molar-refractivity contribution in [1.29, 1.82) is 0 Å². The molecule has 0 unspecified atom stereocenters. The van der Waals surface area contributed by atoms with Gasteiger partial charge < -0.3 is 0 Å². The number of benzene rings is 1. The van der Waals surface area contributed by atoms with Crippen molar-refractivity contribution in [1.82, 2.24) is 24.7 Å². The number of pyridine rings is 2. The maximum Gasteiger partial charge on any atom is 0.141 e. The average molecular weight is 504 g/mol. The first-order valence-corrected chi connectivity index (χ1v) is 11.4. The van der Waals surface area contributed by atoms with Crippen molar-refractivity contribution in [3.05, 3.63) is 106 Å². The van der Waals surface area contributed by atoms with Crippen molar-refractivity contribution in [2.24, 2.45) is 7.05 Å². The molecule has 5 rings (SSSR count). The highest BCUT2D eigenvalue weighted by Gasteiger charge is 1.95. The highest BCUT2D eigenvalue weighted by Crippen LogP contribution is 2.19. The van der Waals surface area contributed by atoms with Crippen LogP contribution in [-0.2, 0) is 7.05 Å². The molecule has 0 amide bonds. The van der Waals surface area contributed by atoms with E-state index in [-0.39, 0.29) is 5.82 Å². The van der Waals surface area contributed by atoms with Crippen LogP contribution in [0.3, 0.4) is 0 Å². The van der Waals surface area contributed by atoms with E-state index in [2.05, 4.69) is 26.1 Å². The van der Waals surface area contributed by atoms with E-state index in [9.17, 15) is 4.39 Å². The summed E-state index contributed by atoms with van der Waals surface area (Å²) in [6, 6.07) is 14.9. The third kappa shape index (κ3) is 10.5. The Kier molecular flexibility index (Phi) is 10.9. The van der Waals surface area contributed by atoms with Crippen molar-refractivity contribution >= 4 is 44.8 Å². The van der Waals surface area contributed by atoms with Gasteiger partial charge in [-0.25, -0.2) is 9.37 Å². The van der Waals surface area contributed by atoms with Gasteiger partial charge in [0, 0.05) is 30.8 Å². The van der Waals surface area contributed by atoms with E-state index in [1.807, 2.05) is 58.2 Å². The zero-order valence-electron chi connectivity index (χ0n) is 18.7. The topological polar surface area (TPSA) is 56.5 Å². The Morgan fingerprint density at radius 3 is 1.91 bits per heavy atom. The SMILES string of the molecule is Cc1ccc(Cl)cn1.Cc1ccc(F)cn1.Cc1nc2ccccc2s1.Cn1cc(Cl)cn1. The fraction of sp³-hybridized carbons (Fsp3) is 0.167. The molecule has 172 valence electrons. The zero-order chi connectivity index (χ0) is 24.2. The molecular formula is C24H24Cl2FN5S. The lowest BCUT2D eigenvalue weighted by atomic mass is 10.3. The van der Waals surface area contributed by atoms with Crippen molar-refractivity contribution in [2.45, 2.75) is 20.8 Å². The molecule has 0 bridgehead atoms. The third-order valence-electron chi connectivity index (χ3n) is 3.82. The van der Waals surface area contributed by atoms with Crippen LogP contribution in [0.5, 0.6) is 0 Å². The Hall–Kier alpha value is -2.87. The van der Waals surface area contributed by atoms with Gasteiger partial charge >= 0.3 is 0 Å². The molecule has 0 radical (unpaired) electrons. The standard InChI is InChI=1S/C8H7NS.C6H6ClN.C6H6FN.C4H5ClN2/c1-6-9-7-4-2-3-5-8(7)10-6;2*1-5-2-3-6(7)4-8-5;1-7-3-4(5)2-6-7/h2-5H,1H3;2*2-4H,1H3;2-3H,1H3. The van der Waals surface area contributed by atoms with E-state index in [1.165, 1.54) is 17.0 Å². The summed E-state index contributed by atoms with van der Waals surface area (Å²) < 4.78 is 15.0. The number of thiazole rings is 1. The monoisotopic (exact) mass is 503 g/mol. The molecular weight excluding hydrogens is 480 g/mol. The van der Waals surface area contributed by atoms with Crippen molar-refractivity contribution < 1.29 is 4.39 Å². The van der Waals surface area contributed by atoms with Crippen LogP contribution in [0.2, 0.25) is 10.0 Å². The van der Waals surface area contributed by atoms with Gasteiger partial charge in [0.1, 0.15) is 5.82 Å². The number of hydrogen-bond donors (Lipinski definition) is 0. The lowest BCUT2D eigenvalue weighted by Gasteiger charge is -1.87. The minimum Gasteiger partial charge on any atom is -0.274 e. The number of nitrogens with zero attached hydrogens (tertiary/aromatic N) is 5. The summed E-state index contributed by atoms with van der Waals surface area (Å²) >= 11 is 12.8. The van der Waals surface area contributed by atoms with Crippen LogP contribution in [0.15, 0.2) is 73.3 Å². The van der Waals surface area contributed by atoms with E-state index >= 15 is 0 Å². The molecule has 5 aromatic rings.